The Morgan fingerprint density at radius 2 is 1.56 bits per heavy atom. The lowest BCUT2D eigenvalue weighted by atomic mass is 9.84. The van der Waals surface area contributed by atoms with Gasteiger partial charge in [-0.2, -0.15) is 0 Å². The Morgan fingerprint density at radius 1 is 0.938 bits per heavy atom. The second-order valence-electron chi connectivity index (χ2n) is 5.40. The highest BCUT2D eigenvalue weighted by molar-refractivity contribution is 5.79. The van der Waals surface area contributed by atoms with E-state index in [4.69, 9.17) is 5.73 Å². The predicted octanol–water partition coefficient (Wildman–Crippen LogP) is 1.95. The lowest BCUT2D eigenvalue weighted by Gasteiger charge is -2.30. The minimum atomic E-state index is 0.0793. The van der Waals surface area contributed by atoms with E-state index in [1.54, 1.807) is 0 Å². The number of hydrogen-bond acceptors (Lipinski definition) is 2. The van der Waals surface area contributed by atoms with Gasteiger partial charge in [0.25, 0.3) is 0 Å². The number of hydrogen-bond donors (Lipinski definition) is 2. The summed E-state index contributed by atoms with van der Waals surface area (Å²) < 4.78 is 0. The Morgan fingerprint density at radius 3 is 2.25 bits per heavy atom. The van der Waals surface area contributed by atoms with Crippen LogP contribution in [0.25, 0.3) is 0 Å². The molecule has 0 aromatic carbocycles. The average Bonchev–Trinajstić information content (AvgIpc) is 2.31. The van der Waals surface area contributed by atoms with E-state index in [1.807, 2.05) is 0 Å². The Kier molecular flexibility index (Phi) is 4.22. The molecule has 2 unspecified atom stereocenters. The molecule has 0 aromatic heterocycles. The molecule has 0 heterocycles. The van der Waals surface area contributed by atoms with Crippen molar-refractivity contribution in [1.82, 2.24) is 5.32 Å². The fraction of sp³-hybridized carbons (Fsp3) is 0.923. The van der Waals surface area contributed by atoms with Gasteiger partial charge in [-0.05, 0) is 25.7 Å². The van der Waals surface area contributed by atoms with Crippen molar-refractivity contribution in [3.8, 4) is 0 Å². The van der Waals surface area contributed by atoms with Crippen molar-refractivity contribution in [2.45, 2.75) is 69.9 Å². The van der Waals surface area contributed by atoms with Crippen molar-refractivity contribution in [3.63, 3.8) is 0 Å². The first-order chi connectivity index (χ1) is 7.77. The number of amides is 1. The van der Waals surface area contributed by atoms with Crippen LogP contribution in [0.15, 0.2) is 0 Å². The number of rotatable bonds is 2. The number of carbonyl (C=O) groups excluding carboxylic acids is 1. The van der Waals surface area contributed by atoms with Crippen LogP contribution < -0.4 is 11.1 Å². The summed E-state index contributed by atoms with van der Waals surface area (Å²) in [5, 5.41) is 3.20. The van der Waals surface area contributed by atoms with E-state index in [9.17, 15) is 4.79 Å². The van der Waals surface area contributed by atoms with E-state index < -0.39 is 0 Å². The molecule has 0 saturated heterocycles. The highest BCUT2D eigenvalue weighted by Gasteiger charge is 2.29. The highest BCUT2D eigenvalue weighted by Crippen LogP contribution is 2.24. The smallest absolute Gasteiger partial charge is 0.224 e. The zero-order valence-electron chi connectivity index (χ0n) is 10.1. The molecule has 2 atom stereocenters. The van der Waals surface area contributed by atoms with Gasteiger partial charge in [-0.15, -0.1) is 0 Å². The van der Waals surface area contributed by atoms with Crippen LogP contribution in [0.3, 0.4) is 0 Å². The first-order valence-electron chi connectivity index (χ1n) is 6.83. The molecule has 0 bridgehead atoms. The van der Waals surface area contributed by atoms with Gasteiger partial charge in [-0.1, -0.05) is 32.1 Å². The maximum absolute atomic E-state index is 12.1. The second kappa shape index (κ2) is 5.67. The van der Waals surface area contributed by atoms with Gasteiger partial charge in [0.15, 0.2) is 0 Å². The van der Waals surface area contributed by atoms with Crippen LogP contribution >= 0.6 is 0 Å². The molecule has 92 valence electrons. The SMILES string of the molecule is NC1CCCCC1C(=O)NC1CCCCC1. The van der Waals surface area contributed by atoms with Gasteiger partial charge in [0.2, 0.25) is 5.91 Å². The van der Waals surface area contributed by atoms with Crippen molar-refractivity contribution in [1.29, 1.82) is 0 Å². The quantitative estimate of drug-likeness (QED) is 0.753. The predicted molar refractivity (Wildman–Crippen MR) is 64.9 cm³/mol. The van der Waals surface area contributed by atoms with Crippen LogP contribution in [-0.2, 0) is 4.79 Å². The van der Waals surface area contributed by atoms with E-state index in [-0.39, 0.29) is 17.9 Å². The van der Waals surface area contributed by atoms with E-state index in [0.717, 1.165) is 32.1 Å². The zero-order valence-corrected chi connectivity index (χ0v) is 10.1. The Balaban J connectivity index is 1.81. The molecule has 0 radical (unpaired) electrons. The van der Waals surface area contributed by atoms with Crippen molar-refractivity contribution in [3.05, 3.63) is 0 Å². The van der Waals surface area contributed by atoms with Crippen LogP contribution in [0.2, 0.25) is 0 Å². The lowest BCUT2D eigenvalue weighted by Crippen LogP contribution is -2.47. The maximum Gasteiger partial charge on any atom is 0.224 e. The van der Waals surface area contributed by atoms with E-state index in [2.05, 4.69) is 5.32 Å². The van der Waals surface area contributed by atoms with Crippen molar-refractivity contribution >= 4 is 5.91 Å². The van der Waals surface area contributed by atoms with Gasteiger partial charge >= 0.3 is 0 Å². The molecular formula is C13H24N2O. The molecule has 2 aliphatic rings. The summed E-state index contributed by atoms with van der Waals surface area (Å²) in [7, 11) is 0. The molecule has 3 nitrogen and oxygen atoms in total. The third-order valence-electron chi connectivity index (χ3n) is 4.11. The molecule has 16 heavy (non-hydrogen) atoms. The van der Waals surface area contributed by atoms with Gasteiger partial charge in [0, 0.05) is 12.1 Å². The van der Waals surface area contributed by atoms with Gasteiger partial charge in [-0.25, -0.2) is 0 Å². The molecule has 2 aliphatic carbocycles. The number of carbonyl (C=O) groups is 1. The third kappa shape index (κ3) is 2.97. The molecule has 3 N–H and O–H groups in total. The van der Waals surface area contributed by atoms with Crippen LogP contribution in [0.1, 0.15) is 57.8 Å². The van der Waals surface area contributed by atoms with Crippen LogP contribution in [0.4, 0.5) is 0 Å². The molecule has 2 saturated carbocycles. The summed E-state index contributed by atoms with van der Waals surface area (Å²) in [6.07, 6.45) is 10.5. The summed E-state index contributed by atoms with van der Waals surface area (Å²) in [6.45, 7) is 0. The summed E-state index contributed by atoms with van der Waals surface area (Å²) >= 11 is 0. The largest absolute Gasteiger partial charge is 0.353 e. The van der Waals surface area contributed by atoms with Crippen molar-refractivity contribution in [2.75, 3.05) is 0 Å². The average molecular weight is 224 g/mol. The first-order valence-corrected chi connectivity index (χ1v) is 6.83. The molecule has 3 heteroatoms. The fourth-order valence-corrected chi connectivity index (χ4v) is 3.04. The van der Waals surface area contributed by atoms with Crippen LogP contribution in [0.5, 0.6) is 0 Å². The summed E-state index contributed by atoms with van der Waals surface area (Å²) in [6, 6.07) is 0.521. The number of nitrogens with two attached hydrogens (primary N) is 1. The van der Waals surface area contributed by atoms with Gasteiger partial charge in [-0.3, -0.25) is 4.79 Å². The van der Waals surface area contributed by atoms with Crippen LogP contribution in [-0.4, -0.2) is 18.0 Å². The monoisotopic (exact) mass is 224 g/mol. The third-order valence-corrected chi connectivity index (χ3v) is 4.11. The zero-order chi connectivity index (χ0) is 11.4. The molecule has 1 amide bonds. The maximum atomic E-state index is 12.1. The lowest BCUT2D eigenvalue weighted by molar-refractivity contribution is -0.127. The second-order valence-corrected chi connectivity index (χ2v) is 5.40. The highest BCUT2D eigenvalue weighted by atomic mass is 16.2. The first kappa shape index (κ1) is 11.9. The van der Waals surface area contributed by atoms with Gasteiger partial charge in [0.1, 0.15) is 0 Å². The Labute approximate surface area is 98.2 Å². The number of nitrogens with one attached hydrogen (secondary N) is 1. The fourth-order valence-electron chi connectivity index (χ4n) is 3.04. The minimum absolute atomic E-state index is 0.0793. The van der Waals surface area contributed by atoms with E-state index in [1.165, 1.54) is 25.7 Å². The van der Waals surface area contributed by atoms with Crippen LogP contribution in [0, 0.1) is 5.92 Å². The minimum Gasteiger partial charge on any atom is -0.353 e. The molecular weight excluding hydrogens is 200 g/mol. The van der Waals surface area contributed by atoms with E-state index >= 15 is 0 Å². The van der Waals surface area contributed by atoms with E-state index in [0.29, 0.717) is 6.04 Å². The molecule has 2 rings (SSSR count). The van der Waals surface area contributed by atoms with Crippen molar-refractivity contribution in [2.24, 2.45) is 11.7 Å². The van der Waals surface area contributed by atoms with Gasteiger partial charge < -0.3 is 11.1 Å². The van der Waals surface area contributed by atoms with Crippen molar-refractivity contribution < 1.29 is 4.79 Å². The summed E-state index contributed by atoms with van der Waals surface area (Å²) in [5.74, 6) is 0.301. The topological polar surface area (TPSA) is 55.1 Å². The Hall–Kier alpha value is -0.570. The summed E-state index contributed by atoms with van der Waals surface area (Å²) in [5.41, 5.74) is 6.02. The Bertz CT molecular complexity index is 236. The molecule has 0 spiro atoms. The molecule has 2 fully saturated rings. The molecule has 0 aliphatic heterocycles. The summed E-state index contributed by atoms with van der Waals surface area (Å²) in [4.78, 5) is 12.1. The standard InChI is InChI=1S/C13H24N2O/c14-12-9-5-4-8-11(12)13(16)15-10-6-2-1-3-7-10/h10-12H,1-9,14H2,(H,15,16). The van der Waals surface area contributed by atoms with Gasteiger partial charge in [0.05, 0.1) is 5.92 Å². The molecule has 0 aromatic rings. The normalized spacial score (nSPS) is 32.3.